The second kappa shape index (κ2) is 8.93. The van der Waals surface area contributed by atoms with Gasteiger partial charge in [0.15, 0.2) is 0 Å². The molecule has 2 aromatic rings. The fourth-order valence-electron chi connectivity index (χ4n) is 1.97. The summed E-state index contributed by atoms with van der Waals surface area (Å²) in [6, 6.07) is 10.5. The third kappa shape index (κ3) is 5.83. The molecule has 26 heavy (non-hydrogen) atoms. The molecular weight excluding hydrogens is 362 g/mol. The normalized spacial score (nSPS) is 10.2. The van der Waals surface area contributed by atoms with Gasteiger partial charge in [-0.05, 0) is 36.8 Å². The number of aryl methyl sites for hydroxylation is 1. The summed E-state index contributed by atoms with van der Waals surface area (Å²) in [7, 11) is 0. The quantitative estimate of drug-likeness (QED) is 0.568. The highest BCUT2D eigenvalue weighted by Gasteiger charge is 2.09. The van der Waals surface area contributed by atoms with Crippen molar-refractivity contribution in [2.75, 3.05) is 23.8 Å². The van der Waals surface area contributed by atoms with Crippen LogP contribution in [0.4, 0.5) is 17.1 Å². The van der Waals surface area contributed by atoms with E-state index in [9.17, 15) is 19.7 Å². The zero-order chi connectivity index (χ0) is 19.1. The van der Waals surface area contributed by atoms with Crippen molar-refractivity contribution in [2.45, 2.75) is 6.92 Å². The number of ether oxygens (including phenoxy) is 1. The van der Waals surface area contributed by atoms with Crippen LogP contribution in [0.3, 0.4) is 0 Å². The van der Waals surface area contributed by atoms with Gasteiger partial charge in [-0.25, -0.2) is 0 Å². The number of hydrogen-bond acceptors (Lipinski definition) is 5. The van der Waals surface area contributed by atoms with Crippen LogP contribution in [-0.2, 0) is 14.3 Å². The molecule has 0 spiro atoms. The van der Waals surface area contributed by atoms with Gasteiger partial charge in [0.1, 0.15) is 13.2 Å². The van der Waals surface area contributed by atoms with E-state index in [0.717, 1.165) is 5.56 Å². The maximum atomic E-state index is 11.8. The molecule has 0 aromatic heterocycles. The predicted molar refractivity (Wildman–Crippen MR) is 97.4 cm³/mol. The van der Waals surface area contributed by atoms with Crippen LogP contribution in [0.15, 0.2) is 42.5 Å². The van der Waals surface area contributed by atoms with Crippen LogP contribution in [0.5, 0.6) is 0 Å². The molecule has 0 aliphatic carbocycles. The summed E-state index contributed by atoms with van der Waals surface area (Å²) in [6.07, 6.45) is 0. The molecular formula is C17H16ClN3O5. The first-order chi connectivity index (χ1) is 12.3. The molecule has 0 saturated heterocycles. The minimum atomic E-state index is -0.533. The van der Waals surface area contributed by atoms with Crippen molar-refractivity contribution in [1.29, 1.82) is 0 Å². The minimum Gasteiger partial charge on any atom is -0.362 e. The lowest BCUT2D eigenvalue weighted by Crippen LogP contribution is -2.23. The van der Waals surface area contributed by atoms with Crippen molar-refractivity contribution >= 4 is 40.5 Å². The molecule has 0 aliphatic heterocycles. The summed E-state index contributed by atoms with van der Waals surface area (Å²) >= 11 is 5.97. The Kier molecular flexibility index (Phi) is 6.65. The lowest BCUT2D eigenvalue weighted by molar-refractivity contribution is -0.384. The molecule has 9 heteroatoms. The Bertz CT molecular complexity index is 824. The van der Waals surface area contributed by atoms with Crippen LogP contribution in [0.2, 0.25) is 5.02 Å². The molecule has 0 fully saturated rings. The van der Waals surface area contributed by atoms with E-state index >= 15 is 0 Å². The van der Waals surface area contributed by atoms with Gasteiger partial charge < -0.3 is 15.4 Å². The summed E-state index contributed by atoms with van der Waals surface area (Å²) in [5.41, 5.74) is 1.74. The number of nitro groups is 1. The number of nitrogens with zero attached hydrogens (tertiary/aromatic N) is 1. The van der Waals surface area contributed by atoms with Crippen LogP contribution < -0.4 is 10.6 Å². The molecule has 0 saturated carbocycles. The van der Waals surface area contributed by atoms with Crippen LogP contribution in [0.1, 0.15) is 5.56 Å². The second-order valence-electron chi connectivity index (χ2n) is 5.36. The Morgan fingerprint density at radius 3 is 2.12 bits per heavy atom. The van der Waals surface area contributed by atoms with Crippen LogP contribution in [0.25, 0.3) is 0 Å². The molecule has 0 aliphatic rings. The number of hydrogen-bond donors (Lipinski definition) is 2. The molecule has 2 aromatic carbocycles. The van der Waals surface area contributed by atoms with Crippen molar-refractivity contribution in [3.8, 4) is 0 Å². The highest BCUT2D eigenvalue weighted by atomic mass is 35.5. The number of halogens is 1. The van der Waals surface area contributed by atoms with E-state index in [1.54, 1.807) is 18.2 Å². The zero-order valence-corrected chi connectivity index (χ0v) is 14.6. The maximum Gasteiger partial charge on any atom is 0.269 e. The van der Waals surface area contributed by atoms with Gasteiger partial charge in [-0.15, -0.1) is 0 Å². The SMILES string of the molecule is Cc1ccc(NC(=O)COCC(=O)Nc2ccc([N+](=O)[O-])cc2)cc1Cl. The van der Waals surface area contributed by atoms with Gasteiger partial charge in [-0.3, -0.25) is 19.7 Å². The van der Waals surface area contributed by atoms with E-state index in [1.165, 1.54) is 24.3 Å². The molecule has 2 N–H and O–H groups in total. The molecule has 0 radical (unpaired) electrons. The lowest BCUT2D eigenvalue weighted by atomic mass is 10.2. The van der Waals surface area contributed by atoms with E-state index in [2.05, 4.69) is 10.6 Å². The van der Waals surface area contributed by atoms with Crippen molar-refractivity contribution in [3.63, 3.8) is 0 Å². The highest BCUT2D eigenvalue weighted by molar-refractivity contribution is 6.31. The van der Waals surface area contributed by atoms with E-state index in [1.807, 2.05) is 6.92 Å². The fourth-order valence-corrected chi connectivity index (χ4v) is 2.15. The Morgan fingerprint density at radius 2 is 1.58 bits per heavy atom. The third-order valence-electron chi connectivity index (χ3n) is 3.28. The van der Waals surface area contributed by atoms with Crippen molar-refractivity contribution in [1.82, 2.24) is 0 Å². The summed E-state index contributed by atoms with van der Waals surface area (Å²) in [4.78, 5) is 33.5. The molecule has 2 rings (SSSR count). The molecule has 8 nitrogen and oxygen atoms in total. The van der Waals surface area contributed by atoms with Gasteiger partial charge in [0.05, 0.1) is 4.92 Å². The van der Waals surface area contributed by atoms with Gasteiger partial charge in [-0.2, -0.15) is 0 Å². The van der Waals surface area contributed by atoms with Crippen molar-refractivity contribution in [2.24, 2.45) is 0 Å². The third-order valence-corrected chi connectivity index (χ3v) is 3.69. The van der Waals surface area contributed by atoms with Gasteiger partial charge in [0.2, 0.25) is 11.8 Å². The molecule has 136 valence electrons. The first-order valence-electron chi connectivity index (χ1n) is 7.53. The maximum absolute atomic E-state index is 11.8. The largest absolute Gasteiger partial charge is 0.362 e. The molecule has 0 unspecified atom stereocenters. The smallest absolute Gasteiger partial charge is 0.269 e. The van der Waals surface area contributed by atoms with Gasteiger partial charge in [-0.1, -0.05) is 17.7 Å². The average molecular weight is 378 g/mol. The summed E-state index contributed by atoms with van der Waals surface area (Å²) in [5, 5.41) is 16.2. The van der Waals surface area contributed by atoms with Gasteiger partial charge >= 0.3 is 0 Å². The number of nitrogens with one attached hydrogen (secondary N) is 2. The zero-order valence-electron chi connectivity index (χ0n) is 13.8. The number of carbonyl (C=O) groups excluding carboxylic acids is 2. The number of amides is 2. The number of anilines is 2. The monoisotopic (exact) mass is 377 g/mol. The van der Waals surface area contributed by atoms with Crippen LogP contribution in [-0.4, -0.2) is 30.0 Å². The Morgan fingerprint density at radius 1 is 1.04 bits per heavy atom. The summed E-state index contributed by atoms with van der Waals surface area (Å²) in [6.45, 7) is 1.21. The van der Waals surface area contributed by atoms with Crippen molar-refractivity contribution in [3.05, 3.63) is 63.2 Å². The van der Waals surface area contributed by atoms with E-state index in [4.69, 9.17) is 16.3 Å². The van der Waals surface area contributed by atoms with Crippen LogP contribution in [0, 0.1) is 17.0 Å². The number of non-ortho nitro benzene ring substituents is 1. The van der Waals surface area contributed by atoms with E-state index in [0.29, 0.717) is 16.4 Å². The summed E-state index contributed by atoms with van der Waals surface area (Å²) < 4.78 is 5.05. The lowest BCUT2D eigenvalue weighted by Gasteiger charge is -2.08. The Labute approximate surface area is 154 Å². The highest BCUT2D eigenvalue weighted by Crippen LogP contribution is 2.19. The first kappa shape index (κ1) is 19.4. The number of benzene rings is 2. The molecule has 0 bridgehead atoms. The molecule has 0 atom stereocenters. The van der Waals surface area contributed by atoms with E-state index in [-0.39, 0.29) is 18.9 Å². The predicted octanol–water partition coefficient (Wildman–Crippen LogP) is 3.15. The van der Waals surface area contributed by atoms with E-state index < -0.39 is 16.7 Å². The molecule has 0 heterocycles. The van der Waals surface area contributed by atoms with Gasteiger partial charge in [0, 0.05) is 28.5 Å². The number of nitro benzene ring substituents is 1. The van der Waals surface area contributed by atoms with Crippen LogP contribution >= 0.6 is 11.6 Å². The number of carbonyl (C=O) groups is 2. The summed E-state index contributed by atoms with van der Waals surface area (Å²) in [5.74, 6) is -0.905. The number of rotatable bonds is 7. The molecule has 2 amide bonds. The standard InChI is InChI=1S/C17H16ClN3O5/c1-11-2-3-13(8-15(11)18)20-17(23)10-26-9-16(22)19-12-4-6-14(7-5-12)21(24)25/h2-8H,9-10H2,1H3,(H,19,22)(H,20,23). The first-order valence-corrected chi connectivity index (χ1v) is 7.91. The van der Waals surface area contributed by atoms with Crippen molar-refractivity contribution < 1.29 is 19.2 Å². The second-order valence-corrected chi connectivity index (χ2v) is 5.76. The topological polar surface area (TPSA) is 111 Å². The fraction of sp³-hybridized carbons (Fsp3) is 0.176. The Balaban J connectivity index is 1.74. The van der Waals surface area contributed by atoms with Gasteiger partial charge in [0.25, 0.3) is 5.69 Å². The average Bonchev–Trinajstić information content (AvgIpc) is 2.58. The minimum absolute atomic E-state index is 0.0767. The Hall–Kier alpha value is -2.97.